The first-order valence-corrected chi connectivity index (χ1v) is 8.80. The third kappa shape index (κ3) is 4.81. The van der Waals surface area contributed by atoms with Crippen LogP contribution in [0.4, 0.5) is 16.6 Å². The topological polar surface area (TPSA) is 86.3 Å². The lowest BCUT2D eigenvalue weighted by Crippen LogP contribution is -2.48. The Labute approximate surface area is 153 Å². The summed E-state index contributed by atoms with van der Waals surface area (Å²) < 4.78 is 0. The lowest BCUT2D eigenvalue weighted by Gasteiger charge is -2.32. The first-order chi connectivity index (χ1) is 12.6. The minimum Gasteiger partial charge on any atom is -0.363 e. The van der Waals surface area contributed by atoms with Crippen molar-refractivity contribution in [3.05, 3.63) is 42.4 Å². The maximum atomic E-state index is 12.1. The molecule has 0 unspecified atom stereocenters. The van der Waals surface area contributed by atoms with Gasteiger partial charge < -0.3 is 20.4 Å². The monoisotopic (exact) mass is 355 g/mol. The SMILES string of the molecule is CN(C)c1ccc(CNC(=O)NC2CCN(c3ncccn3)CC2)cn1. The van der Waals surface area contributed by atoms with E-state index in [4.69, 9.17) is 0 Å². The van der Waals surface area contributed by atoms with E-state index >= 15 is 0 Å². The van der Waals surface area contributed by atoms with Crippen LogP contribution in [0, 0.1) is 0 Å². The standard InChI is InChI=1S/C18H25N7O/c1-24(2)16-5-4-14(12-21-16)13-22-18(26)23-15-6-10-25(11-7-15)17-19-8-3-9-20-17/h3-5,8-9,12,15H,6-7,10-11,13H2,1-2H3,(H2,22,23,26). The summed E-state index contributed by atoms with van der Waals surface area (Å²) in [6.07, 6.45) is 7.05. The molecule has 2 aromatic heterocycles. The fourth-order valence-corrected chi connectivity index (χ4v) is 2.88. The molecule has 2 aromatic rings. The number of carbonyl (C=O) groups excluding carboxylic acids is 1. The van der Waals surface area contributed by atoms with Crippen LogP contribution in [-0.4, -0.2) is 54.2 Å². The molecule has 1 saturated heterocycles. The van der Waals surface area contributed by atoms with Gasteiger partial charge in [-0.2, -0.15) is 0 Å². The van der Waals surface area contributed by atoms with Gasteiger partial charge in [0.15, 0.2) is 0 Å². The van der Waals surface area contributed by atoms with Crippen molar-refractivity contribution in [1.29, 1.82) is 0 Å². The lowest BCUT2D eigenvalue weighted by atomic mass is 10.1. The zero-order valence-electron chi connectivity index (χ0n) is 15.2. The van der Waals surface area contributed by atoms with Crippen LogP contribution in [0.15, 0.2) is 36.8 Å². The number of rotatable bonds is 5. The van der Waals surface area contributed by atoms with Crippen molar-refractivity contribution in [2.45, 2.75) is 25.4 Å². The summed E-state index contributed by atoms with van der Waals surface area (Å²) in [6.45, 7) is 2.14. The van der Waals surface area contributed by atoms with Gasteiger partial charge in [0.05, 0.1) is 0 Å². The molecule has 2 N–H and O–H groups in total. The van der Waals surface area contributed by atoms with E-state index in [0.29, 0.717) is 6.54 Å². The summed E-state index contributed by atoms with van der Waals surface area (Å²) >= 11 is 0. The molecule has 1 aliphatic rings. The normalized spacial score (nSPS) is 14.8. The summed E-state index contributed by atoms with van der Waals surface area (Å²) in [7, 11) is 3.89. The predicted octanol–water partition coefficient (Wildman–Crippen LogP) is 1.41. The Balaban J connectivity index is 1.40. The van der Waals surface area contributed by atoms with Gasteiger partial charge in [0, 0.05) is 58.4 Å². The number of carbonyl (C=O) groups is 1. The van der Waals surface area contributed by atoms with Crippen molar-refractivity contribution >= 4 is 17.8 Å². The van der Waals surface area contributed by atoms with Crippen LogP contribution in [0.1, 0.15) is 18.4 Å². The van der Waals surface area contributed by atoms with Crippen molar-refractivity contribution < 1.29 is 4.79 Å². The molecule has 26 heavy (non-hydrogen) atoms. The van der Waals surface area contributed by atoms with Gasteiger partial charge >= 0.3 is 6.03 Å². The Bertz CT molecular complexity index is 697. The molecule has 1 aliphatic heterocycles. The van der Waals surface area contributed by atoms with E-state index in [0.717, 1.165) is 43.3 Å². The highest BCUT2D eigenvalue weighted by atomic mass is 16.2. The van der Waals surface area contributed by atoms with Crippen LogP contribution in [-0.2, 0) is 6.54 Å². The van der Waals surface area contributed by atoms with E-state index < -0.39 is 0 Å². The predicted molar refractivity (Wildman–Crippen MR) is 101 cm³/mol. The first kappa shape index (κ1) is 17.9. The minimum atomic E-state index is -0.143. The number of nitrogens with one attached hydrogen (secondary N) is 2. The van der Waals surface area contributed by atoms with Gasteiger partial charge in [0.2, 0.25) is 5.95 Å². The Kier molecular flexibility index (Phi) is 5.83. The highest BCUT2D eigenvalue weighted by Gasteiger charge is 2.21. The van der Waals surface area contributed by atoms with Crippen molar-refractivity contribution in [3.63, 3.8) is 0 Å². The van der Waals surface area contributed by atoms with Crippen LogP contribution in [0.25, 0.3) is 0 Å². The molecule has 3 heterocycles. The van der Waals surface area contributed by atoms with Crippen molar-refractivity contribution in [2.75, 3.05) is 37.0 Å². The highest BCUT2D eigenvalue weighted by Crippen LogP contribution is 2.15. The zero-order valence-corrected chi connectivity index (χ0v) is 15.2. The number of anilines is 2. The molecule has 0 atom stereocenters. The van der Waals surface area contributed by atoms with Crippen molar-refractivity contribution in [2.24, 2.45) is 0 Å². The number of nitrogens with zero attached hydrogens (tertiary/aromatic N) is 5. The van der Waals surface area contributed by atoms with Gasteiger partial charge in [-0.3, -0.25) is 0 Å². The van der Waals surface area contributed by atoms with E-state index in [1.165, 1.54) is 0 Å². The molecule has 8 heteroatoms. The summed E-state index contributed by atoms with van der Waals surface area (Å²) in [5.74, 6) is 1.65. The van der Waals surface area contributed by atoms with Crippen molar-refractivity contribution in [3.8, 4) is 0 Å². The zero-order chi connectivity index (χ0) is 18.4. The summed E-state index contributed by atoms with van der Waals surface area (Å²) in [6, 6.07) is 5.75. The smallest absolute Gasteiger partial charge is 0.315 e. The summed E-state index contributed by atoms with van der Waals surface area (Å²) in [5.41, 5.74) is 0.974. The Hall–Kier alpha value is -2.90. The second kappa shape index (κ2) is 8.46. The van der Waals surface area contributed by atoms with Gasteiger partial charge in [-0.25, -0.2) is 19.7 Å². The molecule has 0 saturated carbocycles. The molecular weight excluding hydrogens is 330 g/mol. The molecule has 0 bridgehead atoms. The molecule has 0 spiro atoms. The number of hydrogen-bond donors (Lipinski definition) is 2. The Morgan fingerprint density at radius 3 is 2.54 bits per heavy atom. The lowest BCUT2D eigenvalue weighted by molar-refractivity contribution is 0.234. The molecule has 0 aromatic carbocycles. The van der Waals surface area contributed by atoms with E-state index in [9.17, 15) is 4.79 Å². The van der Waals surface area contributed by atoms with E-state index in [2.05, 4.69) is 30.5 Å². The van der Waals surface area contributed by atoms with Gasteiger partial charge in [-0.1, -0.05) is 6.07 Å². The maximum Gasteiger partial charge on any atom is 0.315 e. The molecule has 138 valence electrons. The quantitative estimate of drug-likeness (QED) is 0.843. The number of pyridine rings is 1. The second-order valence-corrected chi connectivity index (χ2v) is 6.56. The molecule has 0 radical (unpaired) electrons. The highest BCUT2D eigenvalue weighted by molar-refractivity contribution is 5.74. The van der Waals surface area contributed by atoms with Gasteiger partial charge in [0.1, 0.15) is 5.82 Å². The van der Waals surface area contributed by atoms with Crippen LogP contribution in [0.3, 0.4) is 0 Å². The van der Waals surface area contributed by atoms with Gasteiger partial charge in [-0.05, 0) is 30.5 Å². The largest absolute Gasteiger partial charge is 0.363 e. The van der Waals surface area contributed by atoms with Crippen molar-refractivity contribution in [1.82, 2.24) is 25.6 Å². The number of urea groups is 1. The van der Waals surface area contributed by atoms with Gasteiger partial charge in [-0.15, -0.1) is 0 Å². The number of hydrogen-bond acceptors (Lipinski definition) is 6. The number of aromatic nitrogens is 3. The average Bonchev–Trinajstić information content (AvgIpc) is 2.68. The second-order valence-electron chi connectivity index (χ2n) is 6.56. The number of piperidine rings is 1. The fourth-order valence-electron chi connectivity index (χ4n) is 2.88. The maximum absolute atomic E-state index is 12.1. The molecule has 1 fully saturated rings. The third-order valence-electron chi connectivity index (χ3n) is 4.39. The molecular formula is C18H25N7O. The van der Waals surface area contributed by atoms with E-state index in [1.807, 2.05) is 37.2 Å². The summed E-state index contributed by atoms with van der Waals surface area (Å²) in [4.78, 5) is 29.1. The van der Waals surface area contributed by atoms with E-state index in [1.54, 1.807) is 18.6 Å². The van der Waals surface area contributed by atoms with Crippen LogP contribution < -0.4 is 20.4 Å². The summed E-state index contributed by atoms with van der Waals surface area (Å²) in [5, 5.41) is 5.94. The number of amides is 2. The average molecular weight is 355 g/mol. The molecule has 3 rings (SSSR count). The Morgan fingerprint density at radius 2 is 1.92 bits per heavy atom. The van der Waals surface area contributed by atoms with Gasteiger partial charge in [0.25, 0.3) is 0 Å². The fraction of sp³-hybridized carbons (Fsp3) is 0.444. The van der Waals surface area contributed by atoms with E-state index in [-0.39, 0.29) is 12.1 Å². The Morgan fingerprint density at radius 1 is 1.19 bits per heavy atom. The molecule has 0 aliphatic carbocycles. The minimum absolute atomic E-state index is 0.143. The van der Waals surface area contributed by atoms with Crippen LogP contribution in [0.2, 0.25) is 0 Å². The molecule has 8 nitrogen and oxygen atoms in total. The van der Waals surface area contributed by atoms with Crippen LogP contribution >= 0.6 is 0 Å². The molecule has 2 amide bonds. The first-order valence-electron chi connectivity index (χ1n) is 8.80. The van der Waals surface area contributed by atoms with Crippen LogP contribution in [0.5, 0.6) is 0 Å². The third-order valence-corrected chi connectivity index (χ3v) is 4.39.